The van der Waals surface area contributed by atoms with Crippen molar-refractivity contribution in [1.29, 1.82) is 0 Å². The lowest BCUT2D eigenvalue weighted by atomic mass is 10.2. The van der Waals surface area contributed by atoms with Crippen molar-refractivity contribution in [3.05, 3.63) is 45.0 Å². The van der Waals surface area contributed by atoms with Crippen LogP contribution >= 0.6 is 22.6 Å². The number of hydrogen-bond donors (Lipinski definition) is 2. The van der Waals surface area contributed by atoms with Crippen LogP contribution in [0.1, 0.15) is 29.3 Å². The number of rotatable bonds is 8. The van der Waals surface area contributed by atoms with Crippen LogP contribution in [0.2, 0.25) is 0 Å². The Balaban J connectivity index is 2.09. The summed E-state index contributed by atoms with van der Waals surface area (Å²) in [5.74, 6) is 1.09. The fraction of sp³-hybridized carbons (Fsp3) is 0.263. The van der Waals surface area contributed by atoms with Gasteiger partial charge in [0, 0.05) is 5.56 Å². The third kappa shape index (κ3) is 5.49. The van der Waals surface area contributed by atoms with Crippen molar-refractivity contribution in [2.45, 2.75) is 13.3 Å². The largest absolute Gasteiger partial charge is 0.504 e. The maximum atomic E-state index is 12.3. The fourth-order valence-electron chi connectivity index (χ4n) is 2.19. The fourth-order valence-corrected chi connectivity index (χ4v) is 2.82. The quantitative estimate of drug-likeness (QED) is 0.340. The summed E-state index contributed by atoms with van der Waals surface area (Å²) in [6.45, 7) is 2.58. The van der Waals surface area contributed by atoms with Crippen molar-refractivity contribution in [1.82, 2.24) is 5.43 Å². The summed E-state index contributed by atoms with van der Waals surface area (Å²) in [6, 6.07) is 8.28. The summed E-state index contributed by atoms with van der Waals surface area (Å²) in [4.78, 5) is 12.3. The van der Waals surface area contributed by atoms with Crippen LogP contribution in [0.15, 0.2) is 35.4 Å². The molecule has 0 unspecified atom stereocenters. The van der Waals surface area contributed by atoms with Crippen molar-refractivity contribution in [2.24, 2.45) is 5.10 Å². The first-order chi connectivity index (χ1) is 13.0. The zero-order valence-corrected chi connectivity index (χ0v) is 17.4. The molecule has 1 amide bonds. The van der Waals surface area contributed by atoms with Crippen LogP contribution in [0, 0.1) is 3.57 Å². The summed E-state index contributed by atoms with van der Waals surface area (Å²) in [7, 11) is 2.99. The highest BCUT2D eigenvalue weighted by Gasteiger charge is 2.11. The smallest absolute Gasteiger partial charge is 0.271 e. The zero-order valence-electron chi connectivity index (χ0n) is 15.3. The second kappa shape index (κ2) is 10.0. The summed E-state index contributed by atoms with van der Waals surface area (Å²) in [5, 5.41) is 13.8. The average Bonchev–Trinajstić information content (AvgIpc) is 2.68. The Hall–Kier alpha value is -2.49. The zero-order chi connectivity index (χ0) is 19.8. The molecule has 0 aliphatic carbocycles. The van der Waals surface area contributed by atoms with E-state index in [2.05, 4.69) is 10.5 Å². The van der Waals surface area contributed by atoms with Crippen LogP contribution in [0.3, 0.4) is 0 Å². The van der Waals surface area contributed by atoms with Crippen molar-refractivity contribution in [3.63, 3.8) is 0 Å². The molecule has 8 heteroatoms. The predicted molar refractivity (Wildman–Crippen MR) is 111 cm³/mol. The van der Waals surface area contributed by atoms with Gasteiger partial charge in [-0.2, -0.15) is 5.10 Å². The standard InChI is InChI=1S/C19H21IN2O5/c1-4-7-27-15-6-5-13(10-16(15)25-2)19(24)22-21-11-12-8-14(20)18(23)17(9-12)26-3/h5-6,8-11,23H,4,7H2,1-3H3,(H,22,24)/b21-11+. The molecule has 0 fully saturated rings. The molecule has 2 N–H and O–H groups in total. The number of nitrogens with zero attached hydrogens (tertiary/aromatic N) is 1. The van der Waals surface area contributed by atoms with E-state index in [-0.39, 0.29) is 11.7 Å². The summed E-state index contributed by atoms with van der Waals surface area (Å²) < 4.78 is 16.6. The number of benzene rings is 2. The minimum atomic E-state index is -0.382. The van der Waals surface area contributed by atoms with Gasteiger partial charge in [-0.25, -0.2) is 5.43 Å². The Bertz CT molecular complexity index is 839. The van der Waals surface area contributed by atoms with E-state index in [1.54, 1.807) is 30.3 Å². The highest BCUT2D eigenvalue weighted by Crippen LogP contribution is 2.32. The third-order valence-electron chi connectivity index (χ3n) is 3.54. The lowest BCUT2D eigenvalue weighted by molar-refractivity contribution is 0.0954. The Morgan fingerprint density at radius 2 is 1.93 bits per heavy atom. The Morgan fingerprint density at radius 1 is 1.19 bits per heavy atom. The molecule has 0 spiro atoms. The van der Waals surface area contributed by atoms with E-state index in [0.29, 0.717) is 38.6 Å². The molecule has 0 heterocycles. The molecule has 2 aromatic carbocycles. The normalized spacial score (nSPS) is 10.7. The lowest BCUT2D eigenvalue weighted by Gasteiger charge is -2.11. The van der Waals surface area contributed by atoms with Crippen molar-refractivity contribution < 1.29 is 24.1 Å². The van der Waals surface area contributed by atoms with E-state index in [0.717, 1.165) is 6.42 Å². The molecule has 0 saturated heterocycles. The van der Waals surface area contributed by atoms with Gasteiger partial charge in [-0.05, 0) is 64.9 Å². The maximum absolute atomic E-state index is 12.3. The second-order valence-electron chi connectivity index (χ2n) is 5.47. The number of phenols is 1. The van der Waals surface area contributed by atoms with Gasteiger partial charge in [-0.1, -0.05) is 6.92 Å². The number of nitrogens with one attached hydrogen (secondary N) is 1. The van der Waals surface area contributed by atoms with Gasteiger partial charge in [0.05, 0.1) is 30.6 Å². The van der Waals surface area contributed by atoms with Crippen molar-refractivity contribution >= 4 is 34.7 Å². The highest BCUT2D eigenvalue weighted by atomic mass is 127. The monoisotopic (exact) mass is 484 g/mol. The average molecular weight is 484 g/mol. The van der Waals surface area contributed by atoms with E-state index in [1.807, 2.05) is 29.5 Å². The molecule has 0 saturated carbocycles. The number of carbonyl (C=O) groups excluding carboxylic acids is 1. The van der Waals surface area contributed by atoms with Gasteiger partial charge >= 0.3 is 0 Å². The molecule has 7 nitrogen and oxygen atoms in total. The van der Waals surface area contributed by atoms with Gasteiger partial charge in [0.2, 0.25) is 0 Å². The van der Waals surface area contributed by atoms with Crippen molar-refractivity contribution in [3.8, 4) is 23.0 Å². The van der Waals surface area contributed by atoms with Crippen LogP contribution in [0.4, 0.5) is 0 Å². The molecular formula is C19H21IN2O5. The number of carbonyl (C=O) groups is 1. The molecule has 0 radical (unpaired) electrons. The number of aromatic hydroxyl groups is 1. The number of ether oxygens (including phenoxy) is 3. The highest BCUT2D eigenvalue weighted by molar-refractivity contribution is 14.1. The number of phenolic OH excluding ortho intramolecular Hbond substituents is 1. The molecule has 27 heavy (non-hydrogen) atoms. The molecule has 2 rings (SSSR count). The van der Waals surface area contributed by atoms with Crippen LogP contribution in [-0.2, 0) is 0 Å². The van der Waals surface area contributed by atoms with Gasteiger partial charge < -0.3 is 19.3 Å². The minimum absolute atomic E-state index is 0.0664. The van der Waals surface area contributed by atoms with Gasteiger partial charge in [0.15, 0.2) is 23.0 Å². The molecule has 0 aliphatic rings. The van der Waals surface area contributed by atoms with Gasteiger partial charge in [0.25, 0.3) is 5.91 Å². The first kappa shape index (κ1) is 20.8. The Labute approximate surface area is 171 Å². The summed E-state index contributed by atoms with van der Waals surface area (Å²) in [6.07, 6.45) is 2.35. The topological polar surface area (TPSA) is 89.4 Å². The van der Waals surface area contributed by atoms with Crippen LogP contribution in [0.25, 0.3) is 0 Å². The SMILES string of the molecule is CCCOc1ccc(C(=O)N/N=C/c2cc(I)c(O)c(OC)c2)cc1OC. The molecule has 0 aliphatic heterocycles. The van der Waals surface area contributed by atoms with Gasteiger partial charge in [-0.3, -0.25) is 4.79 Å². The molecule has 2 aromatic rings. The van der Waals surface area contributed by atoms with E-state index < -0.39 is 0 Å². The molecule has 0 bridgehead atoms. The van der Waals surface area contributed by atoms with Crippen LogP contribution in [-0.4, -0.2) is 38.1 Å². The van der Waals surface area contributed by atoms with E-state index in [9.17, 15) is 9.90 Å². The number of methoxy groups -OCH3 is 2. The van der Waals surface area contributed by atoms with Crippen molar-refractivity contribution in [2.75, 3.05) is 20.8 Å². The van der Waals surface area contributed by atoms with Crippen LogP contribution in [0.5, 0.6) is 23.0 Å². The maximum Gasteiger partial charge on any atom is 0.271 e. The Kier molecular flexibility index (Phi) is 7.71. The van der Waals surface area contributed by atoms with Gasteiger partial charge in [0.1, 0.15) is 0 Å². The molecule has 0 atom stereocenters. The number of halogens is 1. The van der Waals surface area contributed by atoms with Gasteiger partial charge in [-0.15, -0.1) is 0 Å². The van der Waals surface area contributed by atoms with Crippen LogP contribution < -0.4 is 19.6 Å². The first-order valence-electron chi connectivity index (χ1n) is 8.20. The number of hydrogen-bond acceptors (Lipinski definition) is 6. The summed E-state index contributed by atoms with van der Waals surface area (Å²) >= 11 is 1.99. The summed E-state index contributed by atoms with van der Waals surface area (Å²) in [5.41, 5.74) is 3.53. The van der Waals surface area contributed by atoms with E-state index in [4.69, 9.17) is 14.2 Å². The number of hydrazone groups is 1. The molecular weight excluding hydrogens is 463 g/mol. The molecule has 144 valence electrons. The first-order valence-corrected chi connectivity index (χ1v) is 9.28. The minimum Gasteiger partial charge on any atom is -0.504 e. The third-order valence-corrected chi connectivity index (χ3v) is 4.36. The molecule has 0 aromatic heterocycles. The predicted octanol–water partition coefficient (Wildman–Crippen LogP) is 3.57. The van der Waals surface area contributed by atoms with E-state index in [1.165, 1.54) is 20.4 Å². The Morgan fingerprint density at radius 3 is 2.59 bits per heavy atom. The lowest BCUT2D eigenvalue weighted by Crippen LogP contribution is -2.17. The second-order valence-corrected chi connectivity index (χ2v) is 6.63. The van der Waals surface area contributed by atoms with E-state index >= 15 is 0 Å². The number of amides is 1.